The number of hydrogen-bond acceptors (Lipinski definition) is 6. The van der Waals surface area contributed by atoms with Crippen LogP contribution in [0.1, 0.15) is 19.3 Å². The Morgan fingerprint density at radius 3 is 2.20 bits per heavy atom. The van der Waals surface area contributed by atoms with Crippen molar-refractivity contribution in [3.63, 3.8) is 0 Å². The van der Waals surface area contributed by atoms with Gasteiger partial charge in [-0.2, -0.15) is 4.89 Å². The van der Waals surface area contributed by atoms with E-state index in [1.165, 1.54) is 0 Å². The largest absolute Gasteiger partial charge is 1.00 e. The summed E-state index contributed by atoms with van der Waals surface area (Å²) >= 11 is 0. The minimum atomic E-state index is -1.37. The number of carbonyl (C=O) groups excluding carboxylic acids is 2. The molecule has 0 aromatic carbocycles. The van der Waals surface area contributed by atoms with Gasteiger partial charge in [0.2, 0.25) is 0 Å². The monoisotopic (exact) mass is 228 g/mol. The van der Waals surface area contributed by atoms with E-state index in [0.29, 0.717) is 0 Å². The van der Waals surface area contributed by atoms with Crippen molar-refractivity contribution in [3.8, 4) is 0 Å². The molecule has 0 saturated heterocycles. The Kier molecular flexibility index (Phi) is 11.1. The quantitative estimate of drug-likeness (QED) is 0.202. The zero-order chi connectivity index (χ0) is 11.0. The van der Waals surface area contributed by atoms with Crippen LogP contribution in [0.4, 0.5) is 0 Å². The molecule has 0 spiro atoms. The number of hydrogen-bond donors (Lipinski definition) is 1. The second-order valence-electron chi connectivity index (χ2n) is 2.29. The van der Waals surface area contributed by atoms with Crippen molar-refractivity contribution in [2.45, 2.75) is 19.3 Å². The molecule has 1 N–H and O–H groups in total. The van der Waals surface area contributed by atoms with Crippen molar-refractivity contribution in [3.05, 3.63) is 0 Å². The van der Waals surface area contributed by atoms with Crippen molar-refractivity contribution >= 4 is 17.9 Å². The predicted molar refractivity (Wildman–Crippen MR) is 38.5 cm³/mol. The van der Waals surface area contributed by atoms with Gasteiger partial charge in [-0.15, -0.1) is 0 Å². The molecule has 0 heterocycles. The van der Waals surface area contributed by atoms with Crippen LogP contribution >= 0.6 is 0 Å². The Balaban J connectivity index is 0. The van der Waals surface area contributed by atoms with Crippen molar-refractivity contribution < 1.29 is 63.9 Å². The first-order valence-electron chi connectivity index (χ1n) is 3.76. The van der Waals surface area contributed by atoms with Gasteiger partial charge in [-0.25, -0.2) is 4.79 Å². The normalized spacial score (nSPS) is 8.80. The van der Waals surface area contributed by atoms with Gasteiger partial charge in [0.25, 0.3) is 0 Å². The molecule has 0 fully saturated rings. The molecule has 0 aliphatic carbocycles. The molecule has 0 bridgehead atoms. The van der Waals surface area contributed by atoms with Crippen molar-refractivity contribution in [2.24, 2.45) is 0 Å². The van der Waals surface area contributed by atoms with Gasteiger partial charge in [-0.3, -0.25) is 9.68 Å². The maximum atomic E-state index is 10.6. The maximum Gasteiger partial charge on any atom is 1.00 e. The SMILES string of the molecule is O=C([O-])CCC(=O)OOCCC(=O)O.[Na+]. The molecular weight excluding hydrogens is 219 g/mol. The summed E-state index contributed by atoms with van der Waals surface area (Å²) in [5, 5.41) is 18.0. The van der Waals surface area contributed by atoms with Crippen LogP contribution < -0.4 is 34.7 Å². The minimum absolute atomic E-state index is 0. The van der Waals surface area contributed by atoms with Gasteiger partial charge in [-0.05, 0) is 6.42 Å². The first-order valence-corrected chi connectivity index (χ1v) is 3.76. The fraction of sp³-hybridized carbons (Fsp3) is 0.571. The molecule has 0 amide bonds. The summed E-state index contributed by atoms with van der Waals surface area (Å²) in [6.45, 7) is -0.271. The molecule has 0 aromatic heterocycles. The average Bonchev–Trinajstić information content (AvgIpc) is 2.08. The second kappa shape index (κ2) is 9.91. The maximum absolute atomic E-state index is 10.6. The van der Waals surface area contributed by atoms with Crippen molar-refractivity contribution in [2.75, 3.05) is 6.61 Å². The molecule has 15 heavy (non-hydrogen) atoms. The van der Waals surface area contributed by atoms with Gasteiger partial charge in [0.1, 0.15) is 6.61 Å². The van der Waals surface area contributed by atoms with E-state index in [-0.39, 0.29) is 49.0 Å². The third kappa shape index (κ3) is 13.4. The van der Waals surface area contributed by atoms with Crippen LogP contribution in [0, 0.1) is 0 Å². The van der Waals surface area contributed by atoms with Crippen molar-refractivity contribution in [1.29, 1.82) is 0 Å². The van der Waals surface area contributed by atoms with E-state index >= 15 is 0 Å². The van der Waals surface area contributed by atoms with E-state index in [4.69, 9.17) is 5.11 Å². The third-order valence-electron chi connectivity index (χ3n) is 1.08. The summed E-state index contributed by atoms with van der Waals surface area (Å²) < 4.78 is 0. The summed E-state index contributed by atoms with van der Waals surface area (Å²) in [7, 11) is 0. The Labute approximate surface area is 108 Å². The number of carboxylic acid groups (broad SMARTS) is 2. The van der Waals surface area contributed by atoms with E-state index in [0.717, 1.165) is 0 Å². The van der Waals surface area contributed by atoms with Crippen LogP contribution in [0.3, 0.4) is 0 Å². The molecule has 0 radical (unpaired) electrons. The first-order chi connectivity index (χ1) is 6.52. The zero-order valence-corrected chi connectivity index (χ0v) is 10.2. The molecule has 7 nitrogen and oxygen atoms in total. The number of aliphatic carboxylic acids is 2. The fourth-order valence-corrected chi connectivity index (χ4v) is 0.482. The van der Waals surface area contributed by atoms with E-state index < -0.39 is 24.3 Å². The second-order valence-corrected chi connectivity index (χ2v) is 2.29. The summed E-state index contributed by atoms with van der Waals surface area (Å²) in [5.41, 5.74) is 0. The molecule has 8 heteroatoms. The van der Waals surface area contributed by atoms with E-state index in [9.17, 15) is 19.5 Å². The van der Waals surface area contributed by atoms with Gasteiger partial charge in [-0.1, -0.05) is 0 Å². The van der Waals surface area contributed by atoms with Gasteiger partial charge in [0.15, 0.2) is 0 Å². The summed E-state index contributed by atoms with van der Waals surface area (Å²) in [4.78, 5) is 38.7. The zero-order valence-electron chi connectivity index (χ0n) is 8.23. The van der Waals surface area contributed by atoms with E-state index in [2.05, 4.69) is 9.78 Å². The van der Waals surface area contributed by atoms with Crippen molar-refractivity contribution in [1.82, 2.24) is 0 Å². The van der Waals surface area contributed by atoms with Crippen LogP contribution in [0.25, 0.3) is 0 Å². The molecular formula is C7H9NaO7. The molecule has 0 atom stereocenters. The van der Waals surface area contributed by atoms with Gasteiger partial charge < -0.3 is 15.0 Å². The molecule has 80 valence electrons. The molecule has 0 rings (SSSR count). The summed E-state index contributed by atoms with van der Waals surface area (Å²) in [6.07, 6.45) is -1.12. The topological polar surface area (TPSA) is 113 Å². The predicted octanol–water partition coefficient (Wildman–Crippen LogP) is -4.53. The van der Waals surface area contributed by atoms with Crippen LogP contribution in [-0.4, -0.2) is 29.6 Å². The first kappa shape index (κ1) is 16.8. The number of carbonyl (C=O) groups is 3. The average molecular weight is 228 g/mol. The molecule has 0 aliphatic rings. The fourth-order valence-electron chi connectivity index (χ4n) is 0.482. The molecule has 0 aromatic rings. The van der Waals surface area contributed by atoms with E-state index in [1.807, 2.05) is 0 Å². The van der Waals surface area contributed by atoms with E-state index in [1.54, 1.807) is 0 Å². The summed E-state index contributed by atoms with van der Waals surface area (Å²) in [6, 6.07) is 0. The smallest absolute Gasteiger partial charge is 0.550 e. The Bertz CT molecular complexity index is 227. The van der Waals surface area contributed by atoms with Gasteiger partial charge in [0, 0.05) is 5.97 Å². The van der Waals surface area contributed by atoms with Crippen LogP contribution in [0.2, 0.25) is 0 Å². The molecule has 0 unspecified atom stereocenters. The Morgan fingerprint density at radius 1 is 1.13 bits per heavy atom. The van der Waals surface area contributed by atoms with Crippen LogP contribution in [0.15, 0.2) is 0 Å². The number of carboxylic acids is 2. The number of rotatable bonds is 7. The third-order valence-corrected chi connectivity index (χ3v) is 1.08. The molecule has 0 saturated carbocycles. The van der Waals surface area contributed by atoms with Crippen LogP contribution in [0.5, 0.6) is 0 Å². The van der Waals surface area contributed by atoms with Gasteiger partial charge in [0.05, 0.1) is 12.8 Å². The van der Waals surface area contributed by atoms with Gasteiger partial charge >= 0.3 is 41.5 Å². The molecule has 0 aliphatic heterocycles. The Morgan fingerprint density at radius 2 is 1.73 bits per heavy atom. The Hall–Kier alpha value is -0.630. The standard InChI is InChI=1S/C7H10O7.Na/c8-5(9)1-2-7(12)14-13-4-3-6(10)11;/h1-4H2,(H,8,9)(H,10,11);/q;+1/p-1. The minimum Gasteiger partial charge on any atom is -0.550 e. The summed E-state index contributed by atoms with van der Waals surface area (Å²) in [5.74, 6) is -3.33. The van der Waals surface area contributed by atoms with Crippen LogP contribution in [-0.2, 0) is 24.2 Å².